The highest BCUT2D eigenvalue weighted by Gasteiger charge is 2.43. The molecule has 5 saturated heterocycles. The summed E-state index contributed by atoms with van der Waals surface area (Å²) in [6, 6.07) is 4.55. The summed E-state index contributed by atoms with van der Waals surface area (Å²) in [5.74, 6) is 1.91. The molecule has 5 fully saturated rings. The number of nitrogens with one attached hydrogen (secondary N) is 3. The van der Waals surface area contributed by atoms with Gasteiger partial charge in [0.2, 0.25) is 11.8 Å². The van der Waals surface area contributed by atoms with Crippen molar-refractivity contribution in [3.8, 4) is 0 Å². The highest BCUT2D eigenvalue weighted by Crippen LogP contribution is 2.35. The van der Waals surface area contributed by atoms with Crippen molar-refractivity contribution in [1.82, 2.24) is 35.3 Å². The molecule has 55 heavy (non-hydrogen) atoms. The van der Waals surface area contributed by atoms with E-state index in [1.165, 1.54) is 12.1 Å². The number of ether oxygens (including phenoxy) is 1. The monoisotopic (exact) mass is 766 g/mol. The number of nitrogens with zero attached hydrogens (tertiary/aromatic N) is 7. The molecule has 1 aromatic carbocycles. The fraction of sp³-hybridized carbons (Fsp3) is 0.700. The van der Waals surface area contributed by atoms with Crippen molar-refractivity contribution in [2.24, 2.45) is 17.3 Å². The van der Waals surface area contributed by atoms with Crippen molar-refractivity contribution in [3.63, 3.8) is 0 Å². The highest BCUT2D eigenvalue weighted by atomic mass is 19.1. The van der Waals surface area contributed by atoms with Crippen LogP contribution in [0.15, 0.2) is 24.5 Å². The number of halogens is 2. The van der Waals surface area contributed by atoms with Gasteiger partial charge in [0.05, 0.1) is 31.0 Å². The van der Waals surface area contributed by atoms with Crippen LogP contribution in [0.3, 0.4) is 0 Å². The number of piperazine rings is 1. The first kappa shape index (κ1) is 39.6. The average Bonchev–Trinajstić information content (AvgIpc) is 3.73. The molecular formula is C40H60F2N10O3. The summed E-state index contributed by atoms with van der Waals surface area (Å²) in [7, 11) is 1.69. The van der Waals surface area contributed by atoms with Crippen molar-refractivity contribution in [2.45, 2.75) is 58.0 Å². The highest BCUT2D eigenvalue weighted by molar-refractivity contribution is 5.84. The smallest absolute Gasteiger partial charge is 0.240 e. The van der Waals surface area contributed by atoms with Gasteiger partial charge in [-0.2, -0.15) is 0 Å². The molecule has 7 rings (SSSR count). The van der Waals surface area contributed by atoms with Gasteiger partial charge in [0.25, 0.3) is 0 Å². The molecule has 2 aromatic rings. The van der Waals surface area contributed by atoms with Gasteiger partial charge in [-0.25, -0.2) is 18.7 Å². The van der Waals surface area contributed by atoms with Crippen LogP contribution in [-0.2, 0) is 20.9 Å². The number of fused-ring (bicyclic) bond motifs is 1. The van der Waals surface area contributed by atoms with Gasteiger partial charge in [0.1, 0.15) is 29.6 Å². The van der Waals surface area contributed by atoms with E-state index in [2.05, 4.69) is 59.4 Å². The van der Waals surface area contributed by atoms with Crippen molar-refractivity contribution < 1.29 is 23.1 Å². The SMILES string of the molecule is CNC(=O)CCN1CC2CN(CCOCCNc3cc(N4CCC5(CC4)CN(c4cc(F)c(CN6CCC(C)(C)CC6)cc4F)CC(=O)N5)ncn3)CC2C1. The van der Waals surface area contributed by atoms with E-state index < -0.39 is 17.2 Å². The quantitative estimate of drug-likeness (QED) is 0.247. The molecule has 0 radical (unpaired) electrons. The molecule has 0 bridgehead atoms. The molecule has 6 heterocycles. The number of piperidine rings is 2. The van der Waals surface area contributed by atoms with Crippen LogP contribution in [0.5, 0.6) is 0 Å². The van der Waals surface area contributed by atoms with Gasteiger partial charge in [0.15, 0.2) is 0 Å². The molecule has 13 nitrogen and oxygen atoms in total. The standard InChI is InChI=1S/C40H60F2N10O3/c1-39(2)5-11-48(12-6-39)21-29-18-33(42)34(19-32(29)41)52-26-38(54)47-40(27-52)7-13-51(14-8-40)36-20-35(45-28-46-36)44-9-16-55-17-15-50-24-30-22-49(23-31(30)25-50)10-4-37(53)43-3/h18-20,28,30-31H,4-17,21-27H2,1-3H3,(H,43,53)(H,47,54)(H,44,45,46). The number of likely N-dealkylation sites (tertiary alicyclic amines) is 3. The molecule has 3 N–H and O–H groups in total. The van der Waals surface area contributed by atoms with Crippen LogP contribution in [0, 0.1) is 28.9 Å². The molecule has 1 spiro atoms. The number of benzene rings is 1. The van der Waals surface area contributed by atoms with E-state index in [0.29, 0.717) is 82.6 Å². The van der Waals surface area contributed by atoms with E-state index >= 15 is 8.78 Å². The van der Waals surface area contributed by atoms with Crippen LogP contribution in [0.2, 0.25) is 0 Å². The van der Waals surface area contributed by atoms with Crippen LogP contribution in [-0.4, -0.2) is 147 Å². The van der Waals surface area contributed by atoms with Crippen molar-refractivity contribution >= 4 is 29.1 Å². The molecule has 1 aromatic heterocycles. The molecule has 0 saturated carbocycles. The minimum Gasteiger partial charge on any atom is -0.378 e. The van der Waals surface area contributed by atoms with Crippen LogP contribution in [0.4, 0.5) is 26.1 Å². The Bertz CT molecular complexity index is 1630. The minimum atomic E-state index is -0.540. The van der Waals surface area contributed by atoms with Crippen molar-refractivity contribution in [3.05, 3.63) is 41.7 Å². The second kappa shape index (κ2) is 17.2. The lowest BCUT2D eigenvalue weighted by molar-refractivity contribution is -0.123. The summed E-state index contributed by atoms with van der Waals surface area (Å²) in [5, 5.41) is 9.26. The van der Waals surface area contributed by atoms with Gasteiger partial charge < -0.3 is 40.3 Å². The largest absolute Gasteiger partial charge is 0.378 e. The van der Waals surface area contributed by atoms with Crippen LogP contribution in [0.1, 0.15) is 51.5 Å². The van der Waals surface area contributed by atoms with Gasteiger partial charge in [-0.15, -0.1) is 0 Å². The molecule has 15 heteroatoms. The van der Waals surface area contributed by atoms with Gasteiger partial charge in [-0.05, 0) is 62.1 Å². The van der Waals surface area contributed by atoms with Gasteiger partial charge >= 0.3 is 0 Å². The zero-order valence-electron chi connectivity index (χ0n) is 32.9. The number of rotatable bonds is 14. The second-order valence-corrected chi connectivity index (χ2v) is 17.3. The number of anilines is 3. The Balaban J connectivity index is 0.830. The Morgan fingerprint density at radius 3 is 2.31 bits per heavy atom. The summed E-state index contributed by atoms with van der Waals surface area (Å²) in [5.41, 5.74) is 0.255. The minimum absolute atomic E-state index is 0.00639. The number of amides is 2. The number of aromatic nitrogens is 2. The maximum absolute atomic E-state index is 15.6. The molecule has 2 unspecified atom stereocenters. The first-order valence-corrected chi connectivity index (χ1v) is 20.3. The van der Waals surface area contributed by atoms with Crippen molar-refractivity contribution in [2.75, 3.05) is 120 Å². The fourth-order valence-corrected chi connectivity index (χ4v) is 9.19. The van der Waals surface area contributed by atoms with E-state index in [-0.39, 0.29) is 29.5 Å². The number of carbonyl (C=O) groups is 2. The summed E-state index contributed by atoms with van der Waals surface area (Å²) < 4.78 is 37.0. The third kappa shape index (κ3) is 10.0. The van der Waals surface area contributed by atoms with E-state index in [1.807, 2.05) is 6.07 Å². The summed E-state index contributed by atoms with van der Waals surface area (Å²) in [4.78, 5) is 44.5. The van der Waals surface area contributed by atoms with Crippen LogP contribution in [0.25, 0.3) is 0 Å². The van der Waals surface area contributed by atoms with Crippen molar-refractivity contribution in [1.29, 1.82) is 0 Å². The fourth-order valence-electron chi connectivity index (χ4n) is 9.19. The topological polar surface area (TPSA) is 121 Å². The van der Waals surface area contributed by atoms with E-state index in [0.717, 1.165) is 76.8 Å². The molecule has 2 atom stereocenters. The number of carbonyl (C=O) groups excluding carboxylic acids is 2. The molecule has 0 aliphatic carbocycles. The zero-order chi connectivity index (χ0) is 38.6. The normalized spacial score (nSPS) is 24.3. The molecule has 2 amide bonds. The lowest BCUT2D eigenvalue weighted by Crippen LogP contribution is -2.66. The Morgan fingerprint density at radius 1 is 0.891 bits per heavy atom. The molecule has 5 aliphatic heterocycles. The lowest BCUT2D eigenvalue weighted by atomic mass is 9.82. The summed E-state index contributed by atoms with van der Waals surface area (Å²) in [6.07, 6.45) is 5.50. The predicted octanol–water partition coefficient (Wildman–Crippen LogP) is 2.78. The zero-order valence-corrected chi connectivity index (χ0v) is 32.9. The van der Waals surface area contributed by atoms with Gasteiger partial charge in [0, 0.05) is 103 Å². The Hall–Kier alpha value is -3.66. The van der Waals surface area contributed by atoms with Crippen LogP contribution < -0.4 is 25.8 Å². The molecule has 302 valence electrons. The number of hydrogen-bond donors (Lipinski definition) is 3. The van der Waals surface area contributed by atoms with E-state index in [9.17, 15) is 9.59 Å². The Labute approximate surface area is 324 Å². The Morgan fingerprint density at radius 2 is 1.60 bits per heavy atom. The Kier molecular flexibility index (Phi) is 12.4. The number of hydrogen-bond acceptors (Lipinski definition) is 11. The van der Waals surface area contributed by atoms with E-state index in [4.69, 9.17) is 4.74 Å². The lowest BCUT2D eigenvalue weighted by Gasteiger charge is -2.48. The first-order chi connectivity index (χ1) is 26.5. The van der Waals surface area contributed by atoms with Gasteiger partial charge in [-0.1, -0.05) is 13.8 Å². The maximum Gasteiger partial charge on any atom is 0.240 e. The van der Waals surface area contributed by atoms with Gasteiger partial charge in [-0.3, -0.25) is 14.5 Å². The third-order valence-electron chi connectivity index (χ3n) is 12.7. The summed E-state index contributed by atoms with van der Waals surface area (Å²) in [6.45, 7) is 16.3. The van der Waals surface area contributed by atoms with Crippen LogP contribution >= 0.6 is 0 Å². The molecular weight excluding hydrogens is 707 g/mol. The van der Waals surface area contributed by atoms with E-state index in [1.54, 1.807) is 18.3 Å². The molecule has 5 aliphatic rings. The second-order valence-electron chi connectivity index (χ2n) is 17.3. The first-order valence-electron chi connectivity index (χ1n) is 20.3. The average molecular weight is 767 g/mol. The summed E-state index contributed by atoms with van der Waals surface area (Å²) >= 11 is 0. The maximum atomic E-state index is 15.6. The third-order valence-corrected chi connectivity index (χ3v) is 12.7. The predicted molar refractivity (Wildman–Crippen MR) is 209 cm³/mol.